The van der Waals surface area contributed by atoms with Gasteiger partial charge in [-0.3, -0.25) is 9.59 Å². The van der Waals surface area contributed by atoms with Gasteiger partial charge in [0.05, 0.1) is 30.6 Å². The number of hydrogen-bond donors (Lipinski definition) is 0. The molecule has 144 valence electrons. The van der Waals surface area contributed by atoms with Gasteiger partial charge in [-0.2, -0.15) is 10.1 Å². The number of morpholine rings is 1. The summed E-state index contributed by atoms with van der Waals surface area (Å²) in [4.78, 5) is 28.4. The number of anilines is 1. The van der Waals surface area contributed by atoms with Gasteiger partial charge in [0.2, 0.25) is 0 Å². The van der Waals surface area contributed by atoms with Crippen molar-refractivity contribution in [2.24, 2.45) is 5.10 Å². The van der Waals surface area contributed by atoms with Gasteiger partial charge in [-0.05, 0) is 23.8 Å². The van der Waals surface area contributed by atoms with Crippen LogP contribution in [-0.2, 0) is 4.74 Å². The smallest absolute Gasteiger partial charge is 0.282 e. The lowest BCUT2D eigenvalue weighted by Gasteiger charge is -2.31. The molecule has 0 saturated carbocycles. The Morgan fingerprint density at radius 3 is 2.31 bits per heavy atom. The summed E-state index contributed by atoms with van der Waals surface area (Å²) in [5, 5.41) is 6.77. The van der Waals surface area contributed by atoms with Gasteiger partial charge in [-0.1, -0.05) is 42.5 Å². The number of benzene rings is 3. The maximum Gasteiger partial charge on any atom is 0.282 e. The molecule has 2 aliphatic rings. The summed E-state index contributed by atoms with van der Waals surface area (Å²) in [6.45, 7) is 2.91. The minimum absolute atomic E-state index is 0.403. The first-order valence-corrected chi connectivity index (χ1v) is 9.60. The maximum atomic E-state index is 13.1. The van der Waals surface area contributed by atoms with E-state index in [0.29, 0.717) is 29.7 Å². The summed E-state index contributed by atoms with van der Waals surface area (Å²) in [6.07, 6.45) is 1.53. The first-order chi connectivity index (χ1) is 14.2. The Hall–Kier alpha value is -3.51. The highest BCUT2D eigenvalue weighted by molar-refractivity contribution is 6.26. The van der Waals surface area contributed by atoms with Crippen LogP contribution in [0.15, 0.2) is 65.8 Å². The lowest BCUT2D eigenvalue weighted by molar-refractivity contribution is 0.0616. The monoisotopic (exact) mass is 385 g/mol. The zero-order chi connectivity index (χ0) is 19.8. The highest BCUT2D eigenvalue weighted by Gasteiger charge is 2.33. The Morgan fingerprint density at radius 2 is 1.55 bits per heavy atom. The molecular weight excluding hydrogens is 366 g/mol. The third-order valence-electron chi connectivity index (χ3n) is 5.34. The van der Waals surface area contributed by atoms with Crippen molar-refractivity contribution in [1.82, 2.24) is 5.01 Å². The quantitative estimate of drug-likeness (QED) is 0.513. The molecule has 3 aromatic carbocycles. The van der Waals surface area contributed by atoms with Crippen LogP contribution < -0.4 is 4.90 Å². The molecule has 0 N–H and O–H groups in total. The van der Waals surface area contributed by atoms with Crippen LogP contribution in [-0.4, -0.2) is 49.3 Å². The fraction of sp³-hybridized carbons (Fsp3) is 0.174. The predicted molar refractivity (Wildman–Crippen MR) is 112 cm³/mol. The molecule has 0 aliphatic carbocycles. The number of carbonyl (C=O) groups excluding carboxylic acids is 2. The fourth-order valence-corrected chi connectivity index (χ4v) is 3.92. The molecule has 29 heavy (non-hydrogen) atoms. The Balaban J connectivity index is 1.59. The van der Waals surface area contributed by atoms with Gasteiger partial charge in [0.25, 0.3) is 11.8 Å². The summed E-state index contributed by atoms with van der Waals surface area (Å²) in [5.74, 6) is -0.807. The average molecular weight is 385 g/mol. The van der Waals surface area contributed by atoms with Gasteiger partial charge in [0, 0.05) is 29.5 Å². The number of hydrazone groups is 1. The van der Waals surface area contributed by atoms with Gasteiger partial charge >= 0.3 is 0 Å². The molecule has 0 radical (unpaired) electrons. The van der Waals surface area contributed by atoms with E-state index in [1.807, 2.05) is 48.5 Å². The molecular formula is C23H19N3O3. The highest BCUT2D eigenvalue weighted by Crippen LogP contribution is 2.36. The number of carbonyl (C=O) groups is 2. The Labute approximate surface area is 168 Å². The van der Waals surface area contributed by atoms with Crippen molar-refractivity contribution in [3.8, 4) is 0 Å². The molecule has 1 saturated heterocycles. The lowest BCUT2D eigenvalue weighted by atomic mass is 9.93. The van der Waals surface area contributed by atoms with Crippen LogP contribution in [0.4, 0.5) is 5.69 Å². The summed E-state index contributed by atoms with van der Waals surface area (Å²) in [7, 11) is 0. The third-order valence-corrected chi connectivity index (χ3v) is 5.34. The molecule has 2 aliphatic heterocycles. The van der Waals surface area contributed by atoms with E-state index in [-0.39, 0.29) is 0 Å². The standard InChI is InChI=1S/C23H19N3O3/c27-22-18-8-4-7-17-20(25-11-13-29-14-12-25)10-9-19(21(17)18)23(28)26(22)24-15-16-5-2-1-3-6-16/h1-10,15H,11-14H2/b24-15-. The second-order valence-corrected chi connectivity index (χ2v) is 7.04. The van der Waals surface area contributed by atoms with Crippen LogP contribution in [0.25, 0.3) is 10.8 Å². The molecule has 3 aromatic rings. The summed E-state index contributed by atoms with van der Waals surface area (Å²) in [5.41, 5.74) is 2.84. The molecule has 6 nitrogen and oxygen atoms in total. The first kappa shape index (κ1) is 17.6. The van der Waals surface area contributed by atoms with E-state index < -0.39 is 11.8 Å². The predicted octanol–water partition coefficient (Wildman–Crippen LogP) is 3.31. The van der Waals surface area contributed by atoms with Crippen molar-refractivity contribution in [3.63, 3.8) is 0 Å². The van der Waals surface area contributed by atoms with Crippen LogP contribution >= 0.6 is 0 Å². The van der Waals surface area contributed by atoms with Gasteiger partial charge in [-0.25, -0.2) is 0 Å². The molecule has 0 aromatic heterocycles. The van der Waals surface area contributed by atoms with Gasteiger partial charge in [0.15, 0.2) is 0 Å². The third kappa shape index (κ3) is 2.98. The topological polar surface area (TPSA) is 62.2 Å². The van der Waals surface area contributed by atoms with E-state index >= 15 is 0 Å². The van der Waals surface area contributed by atoms with Crippen LogP contribution in [0.2, 0.25) is 0 Å². The largest absolute Gasteiger partial charge is 0.378 e. The van der Waals surface area contributed by atoms with Crippen molar-refractivity contribution in [2.75, 3.05) is 31.2 Å². The van der Waals surface area contributed by atoms with Crippen LogP contribution in [0.3, 0.4) is 0 Å². The van der Waals surface area contributed by atoms with Crippen LogP contribution in [0.5, 0.6) is 0 Å². The van der Waals surface area contributed by atoms with E-state index in [4.69, 9.17) is 4.74 Å². The number of ether oxygens (including phenoxy) is 1. The fourth-order valence-electron chi connectivity index (χ4n) is 3.92. The molecule has 5 rings (SSSR count). The number of hydrogen-bond acceptors (Lipinski definition) is 5. The second-order valence-electron chi connectivity index (χ2n) is 7.04. The van der Waals surface area contributed by atoms with Gasteiger partial charge < -0.3 is 9.64 Å². The van der Waals surface area contributed by atoms with Crippen molar-refractivity contribution in [1.29, 1.82) is 0 Å². The molecule has 1 fully saturated rings. The van der Waals surface area contributed by atoms with Crippen LogP contribution in [0.1, 0.15) is 26.3 Å². The summed E-state index contributed by atoms with van der Waals surface area (Å²) >= 11 is 0. The summed E-state index contributed by atoms with van der Waals surface area (Å²) in [6, 6.07) is 18.7. The lowest BCUT2D eigenvalue weighted by Crippen LogP contribution is -2.38. The minimum atomic E-state index is -0.403. The van der Waals surface area contributed by atoms with Crippen molar-refractivity contribution >= 4 is 34.5 Å². The highest BCUT2D eigenvalue weighted by atomic mass is 16.5. The van der Waals surface area contributed by atoms with E-state index in [0.717, 1.165) is 34.7 Å². The van der Waals surface area contributed by atoms with E-state index in [9.17, 15) is 9.59 Å². The molecule has 2 heterocycles. The van der Waals surface area contributed by atoms with Gasteiger partial charge in [-0.15, -0.1) is 0 Å². The maximum absolute atomic E-state index is 13.1. The molecule has 0 unspecified atom stereocenters. The molecule has 0 spiro atoms. The average Bonchev–Trinajstić information content (AvgIpc) is 2.78. The van der Waals surface area contributed by atoms with Crippen molar-refractivity contribution in [2.45, 2.75) is 0 Å². The molecule has 0 atom stereocenters. The zero-order valence-electron chi connectivity index (χ0n) is 15.7. The zero-order valence-corrected chi connectivity index (χ0v) is 15.7. The number of rotatable bonds is 3. The van der Waals surface area contributed by atoms with E-state index in [1.165, 1.54) is 6.21 Å². The van der Waals surface area contributed by atoms with E-state index in [1.54, 1.807) is 12.1 Å². The van der Waals surface area contributed by atoms with Crippen LogP contribution in [0, 0.1) is 0 Å². The van der Waals surface area contributed by atoms with E-state index in [2.05, 4.69) is 10.0 Å². The second kappa shape index (κ2) is 7.14. The minimum Gasteiger partial charge on any atom is -0.378 e. The van der Waals surface area contributed by atoms with Crippen molar-refractivity contribution in [3.05, 3.63) is 77.4 Å². The van der Waals surface area contributed by atoms with Gasteiger partial charge in [0.1, 0.15) is 0 Å². The molecule has 2 amide bonds. The SMILES string of the molecule is O=C1c2cccc3c(N4CCOCC4)ccc(c23)C(=O)N1/N=C\c1ccccc1. The number of nitrogens with zero attached hydrogens (tertiary/aromatic N) is 3. The Morgan fingerprint density at radius 1 is 0.828 bits per heavy atom. The Bertz CT molecular complexity index is 1110. The number of amides is 2. The number of imide groups is 1. The summed E-state index contributed by atoms with van der Waals surface area (Å²) < 4.78 is 5.45. The Kier molecular flexibility index (Phi) is 4.33. The normalized spacial score (nSPS) is 16.8. The molecule has 6 heteroatoms. The van der Waals surface area contributed by atoms with Crippen molar-refractivity contribution < 1.29 is 14.3 Å². The first-order valence-electron chi connectivity index (χ1n) is 9.60. The molecule has 0 bridgehead atoms.